The first kappa shape index (κ1) is 19.3. The number of rotatable bonds is 8. The molecule has 0 aliphatic rings. The van der Waals surface area contributed by atoms with Crippen molar-refractivity contribution in [2.45, 2.75) is 32.5 Å². The fourth-order valence-corrected chi connectivity index (χ4v) is 2.43. The first-order chi connectivity index (χ1) is 13.4. The van der Waals surface area contributed by atoms with Gasteiger partial charge in [-0.05, 0) is 61.9 Å². The molecule has 7 heteroatoms. The molecule has 1 aromatic heterocycles. The van der Waals surface area contributed by atoms with Crippen molar-refractivity contribution in [1.82, 2.24) is 5.16 Å². The first-order valence-electron chi connectivity index (χ1n) is 8.80. The third-order valence-electron chi connectivity index (χ3n) is 4.40. The molecule has 3 aromatic rings. The Bertz CT molecular complexity index is 932. The minimum absolute atomic E-state index is 0.186. The molecule has 0 saturated heterocycles. The lowest BCUT2D eigenvalue weighted by Gasteiger charge is -2.24. The maximum absolute atomic E-state index is 11.3. The molecular formula is C21H21NO6. The SMILES string of the molecule is CCC(C)(Oc1ccc(OCc2cc(-c3ccc(O)cc3)no2)cc1)C(=O)O. The van der Waals surface area contributed by atoms with Gasteiger partial charge < -0.3 is 24.2 Å². The maximum atomic E-state index is 11.3. The molecule has 3 rings (SSSR count). The summed E-state index contributed by atoms with van der Waals surface area (Å²) in [4.78, 5) is 11.3. The minimum atomic E-state index is -1.27. The zero-order valence-corrected chi connectivity index (χ0v) is 15.6. The topological polar surface area (TPSA) is 102 Å². The summed E-state index contributed by atoms with van der Waals surface area (Å²) in [6.07, 6.45) is 0.343. The summed E-state index contributed by atoms with van der Waals surface area (Å²) in [6, 6.07) is 15.1. The van der Waals surface area contributed by atoms with Crippen LogP contribution in [0.2, 0.25) is 0 Å². The van der Waals surface area contributed by atoms with E-state index in [1.165, 1.54) is 6.92 Å². The van der Waals surface area contributed by atoms with Crippen molar-refractivity contribution in [3.05, 3.63) is 60.4 Å². The lowest BCUT2D eigenvalue weighted by atomic mass is 10.0. The average molecular weight is 383 g/mol. The van der Waals surface area contributed by atoms with Crippen LogP contribution in [0.5, 0.6) is 17.2 Å². The summed E-state index contributed by atoms with van der Waals surface area (Å²) in [5.41, 5.74) is 0.203. The molecule has 1 heterocycles. The van der Waals surface area contributed by atoms with Gasteiger partial charge in [-0.25, -0.2) is 4.79 Å². The Morgan fingerprint density at radius 3 is 2.36 bits per heavy atom. The number of aliphatic carboxylic acids is 1. The Morgan fingerprint density at radius 2 is 1.75 bits per heavy atom. The van der Waals surface area contributed by atoms with Gasteiger partial charge in [0, 0.05) is 11.6 Å². The Morgan fingerprint density at radius 1 is 1.11 bits per heavy atom. The van der Waals surface area contributed by atoms with Crippen LogP contribution in [-0.4, -0.2) is 26.9 Å². The number of carboxylic acid groups (broad SMARTS) is 1. The van der Waals surface area contributed by atoms with E-state index in [4.69, 9.17) is 14.0 Å². The molecule has 146 valence electrons. The number of nitrogens with zero attached hydrogens (tertiary/aromatic N) is 1. The number of aromatic hydroxyl groups is 1. The van der Waals surface area contributed by atoms with Gasteiger partial charge in [0.05, 0.1) is 0 Å². The standard InChI is InChI=1S/C21H21NO6/c1-3-21(2,20(24)25)27-17-10-8-16(9-11-17)26-13-18-12-19(22-28-18)14-4-6-15(23)7-5-14/h4-12,23H,3,13H2,1-2H3,(H,24,25). The summed E-state index contributed by atoms with van der Waals surface area (Å²) in [7, 11) is 0. The maximum Gasteiger partial charge on any atom is 0.347 e. The molecule has 1 atom stereocenters. The van der Waals surface area contributed by atoms with Crippen molar-refractivity contribution in [1.29, 1.82) is 0 Å². The summed E-state index contributed by atoms with van der Waals surface area (Å²) in [6.45, 7) is 3.48. The van der Waals surface area contributed by atoms with Crippen LogP contribution in [0, 0.1) is 0 Å². The lowest BCUT2D eigenvalue weighted by Crippen LogP contribution is -2.40. The van der Waals surface area contributed by atoms with Crippen molar-refractivity contribution >= 4 is 5.97 Å². The Hall–Kier alpha value is -3.48. The van der Waals surface area contributed by atoms with Crippen molar-refractivity contribution < 1.29 is 29.0 Å². The molecule has 2 N–H and O–H groups in total. The number of aromatic nitrogens is 1. The molecule has 1 unspecified atom stereocenters. The van der Waals surface area contributed by atoms with Gasteiger partial charge in [-0.3, -0.25) is 0 Å². The van der Waals surface area contributed by atoms with Crippen molar-refractivity contribution in [3.63, 3.8) is 0 Å². The smallest absolute Gasteiger partial charge is 0.347 e. The highest BCUT2D eigenvalue weighted by molar-refractivity contribution is 5.77. The second-order valence-corrected chi connectivity index (χ2v) is 6.48. The quantitative estimate of drug-likeness (QED) is 0.599. The molecule has 28 heavy (non-hydrogen) atoms. The van der Waals surface area contributed by atoms with Crippen LogP contribution in [0.25, 0.3) is 11.3 Å². The van der Waals surface area contributed by atoms with Crippen molar-refractivity contribution in [3.8, 4) is 28.5 Å². The molecule has 0 aliphatic heterocycles. The van der Waals surface area contributed by atoms with E-state index in [9.17, 15) is 15.0 Å². The number of hydrogen-bond acceptors (Lipinski definition) is 6. The Kier molecular flexibility index (Phi) is 5.54. The van der Waals surface area contributed by atoms with Crippen molar-refractivity contribution in [2.75, 3.05) is 0 Å². The van der Waals surface area contributed by atoms with Crippen LogP contribution >= 0.6 is 0 Å². The third kappa shape index (κ3) is 4.43. The zero-order valence-electron chi connectivity index (χ0n) is 15.6. The number of phenolic OH excluding ortho intramolecular Hbond substituents is 1. The number of ether oxygens (including phenoxy) is 2. The minimum Gasteiger partial charge on any atom is -0.508 e. The number of hydrogen-bond donors (Lipinski definition) is 2. The van der Waals surface area contributed by atoms with Crippen LogP contribution in [0.3, 0.4) is 0 Å². The molecular weight excluding hydrogens is 362 g/mol. The van der Waals surface area contributed by atoms with Gasteiger partial charge in [-0.15, -0.1) is 0 Å². The molecule has 0 saturated carbocycles. The number of carboxylic acids is 1. The van der Waals surface area contributed by atoms with Gasteiger partial charge in [0.25, 0.3) is 0 Å². The molecule has 0 fully saturated rings. The lowest BCUT2D eigenvalue weighted by molar-refractivity contribution is -0.154. The molecule has 0 amide bonds. The molecule has 0 aliphatic carbocycles. The van der Waals surface area contributed by atoms with E-state index in [2.05, 4.69) is 5.16 Å². The van der Waals surface area contributed by atoms with Gasteiger partial charge in [-0.1, -0.05) is 12.1 Å². The van der Waals surface area contributed by atoms with E-state index in [1.54, 1.807) is 61.5 Å². The number of benzene rings is 2. The molecule has 0 spiro atoms. The van der Waals surface area contributed by atoms with Crippen LogP contribution in [-0.2, 0) is 11.4 Å². The second kappa shape index (κ2) is 8.04. The van der Waals surface area contributed by atoms with E-state index in [-0.39, 0.29) is 12.4 Å². The predicted octanol–water partition coefficient (Wildman–Crippen LogP) is 4.26. The van der Waals surface area contributed by atoms with Gasteiger partial charge in [-0.2, -0.15) is 0 Å². The monoisotopic (exact) mass is 383 g/mol. The summed E-state index contributed by atoms with van der Waals surface area (Å²) in [5, 5.41) is 22.6. The Balaban J connectivity index is 1.59. The van der Waals surface area contributed by atoms with Gasteiger partial charge in [0.2, 0.25) is 5.60 Å². The summed E-state index contributed by atoms with van der Waals surface area (Å²) < 4.78 is 16.5. The molecule has 0 bridgehead atoms. The highest BCUT2D eigenvalue weighted by atomic mass is 16.5. The largest absolute Gasteiger partial charge is 0.508 e. The van der Waals surface area contributed by atoms with Crippen molar-refractivity contribution in [2.24, 2.45) is 0 Å². The number of phenols is 1. The van der Waals surface area contributed by atoms with E-state index in [0.717, 1.165) is 5.56 Å². The molecule has 7 nitrogen and oxygen atoms in total. The first-order valence-corrected chi connectivity index (χ1v) is 8.80. The zero-order chi connectivity index (χ0) is 20.1. The van der Waals surface area contributed by atoms with Crippen LogP contribution < -0.4 is 9.47 Å². The number of carbonyl (C=O) groups is 1. The highest BCUT2D eigenvalue weighted by Gasteiger charge is 2.33. The molecule has 2 aromatic carbocycles. The van der Waals surface area contributed by atoms with Crippen LogP contribution in [0.15, 0.2) is 59.1 Å². The average Bonchev–Trinajstić information content (AvgIpc) is 3.17. The summed E-state index contributed by atoms with van der Waals surface area (Å²) in [5.74, 6) is 0.764. The molecule has 0 radical (unpaired) electrons. The predicted molar refractivity (Wildman–Crippen MR) is 101 cm³/mol. The third-order valence-corrected chi connectivity index (χ3v) is 4.40. The van der Waals surface area contributed by atoms with Gasteiger partial charge in [0.1, 0.15) is 29.5 Å². The van der Waals surface area contributed by atoms with Crippen LogP contribution in [0.1, 0.15) is 26.0 Å². The Labute approximate surface area is 162 Å². The fraction of sp³-hybridized carbons (Fsp3) is 0.238. The normalized spacial score (nSPS) is 12.9. The van der Waals surface area contributed by atoms with E-state index < -0.39 is 11.6 Å². The van der Waals surface area contributed by atoms with E-state index in [1.807, 2.05) is 0 Å². The summed E-state index contributed by atoms with van der Waals surface area (Å²) >= 11 is 0. The second-order valence-electron chi connectivity index (χ2n) is 6.48. The van der Waals surface area contributed by atoms with E-state index >= 15 is 0 Å². The van der Waals surface area contributed by atoms with E-state index in [0.29, 0.717) is 29.4 Å². The fourth-order valence-electron chi connectivity index (χ4n) is 2.43. The highest BCUT2D eigenvalue weighted by Crippen LogP contribution is 2.25. The van der Waals surface area contributed by atoms with Crippen LogP contribution in [0.4, 0.5) is 0 Å². The van der Waals surface area contributed by atoms with Gasteiger partial charge in [0.15, 0.2) is 5.76 Å². The van der Waals surface area contributed by atoms with Gasteiger partial charge >= 0.3 is 5.97 Å².